The molecule has 2 atom stereocenters. The number of carbonyl (C=O) groups excluding carboxylic acids is 2. The van der Waals surface area contributed by atoms with Gasteiger partial charge >= 0.3 is 11.9 Å². The second-order valence-electron chi connectivity index (χ2n) is 6.46. The Kier molecular flexibility index (Phi) is 8.27. The van der Waals surface area contributed by atoms with E-state index in [4.69, 9.17) is 9.47 Å². The summed E-state index contributed by atoms with van der Waals surface area (Å²) in [5, 5.41) is 8.23. The second kappa shape index (κ2) is 8.86. The molecule has 0 rings (SSSR count). The molecule has 0 N–H and O–H groups in total. The zero-order valence-electron chi connectivity index (χ0n) is 14.9. The highest BCUT2D eigenvalue weighted by Gasteiger charge is 2.31. The van der Waals surface area contributed by atoms with Gasteiger partial charge in [-0.3, -0.25) is 9.59 Å². The molecular weight excluding hydrogens is 284 g/mol. The van der Waals surface area contributed by atoms with Crippen LogP contribution in [0, 0.1) is 5.92 Å². The highest BCUT2D eigenvalue weighted by molar-refractivity contribution is 5.66. The van der Waals surface area contributed by atoms with E-state index in [0.717, 1.165) is 19.3 Å². The number of ether oxygens (including phenoxy) is 2. The summed E-state index contributed by atoms with van der Waals surface area (Å²) in [6.45, 7) is 11.9. The van der Waals surface area contributed by atoms with Gasteiger partial charge in [-0.1, -0.05) is 33.1 Å². The Balaban J connectivity index is 5.01. The van der Waals surface area contributed by atoms with Crippen LogP contribution < -0.4 is 0 Å². The number of carbonyl (C=O) groups is 2. The molecule has 0 aliphatic carbocycles. The van der Waals surface area contributed by atoms with Crippen molar-refractivity contribution in [3.8, 4) is 0 Å². The van der Waals surface area contributed by atoms with Crippen LogP contribution in [0.1, 0.15) is 74.1 Å². The normalized spacial score (nSPS) is 16.1. The van der Waals surface area contributed by atoms with Crippen LogP contribution in [-0.2, 0) is 19.1 Å². The zero-order valence-corrected chi connectivity index (χ0v) is 14.9. The van der Waals surface area contributed by atoms with Gasteiger partial charge in [-0.15, -0.1) is 10.2 Å². The standard InChI is InChI=1S/C16H30N2O4/c1-8-9-10-12(2)11-16(7,22-14(4)20)18-17-15(5,6)21-13(3)19/h12H,8-11H2,1-7H3. The molecule has 0 radical (unpaired) electrons. The fourth-order valence-corrected chi connectivity index (χ4v) is 2.31. The van der Waals surface area contributed by atoms with E-state index in [2.05, 4.69) is 24.1 Å². The molecule has 0 fully saturated rings. The van der Waals surface area contributed by atoms with Crippen molar-refractivity contribution < 1.29 is 19.1 Å². The van der Waals surface area contributed by atoms with Gasteiger partial charge in [0.05, 0.1) is 0 Å². The SMILES string of the molecule is CCCCC(C)CC(C)(N=NC(C)(C)OC(C)=O)OC(C)=O. The quantitative estimate of drug-likeness (QED) is 0.471. The number of azo groups is 1. The molecule has 0 saturated carbocycles. The molecule has 0 spiro atoms. The molecule has 0 aromatic heterocycles. The summed E-state index contributed by atoms with van der Waals surface area (Å²) in [5.41, 5.74) is -2.13. The Morgan fingerprint density at radius 1 is 1.05 bits per heavy atom. The first-order chi connectivity index (χ1) is 9.99. The Bertz CT molecular complexity index is 407. The molecule has 0 aliphatic rings. The van der Waals surface area contributed by atoms with Gasteiger partial charge in [-0.2, -0.15) is 0 Å². The van der Waals surface area contributed by atoms with E-state index in [1.165, 1.54) is 13.8 Å². The van der Waals surface area contributed by atoms with E-state index in [0.29, 0.717) is 12.3 Å². The zero-order chi connectivity index (χ0) is 17.4. The van der Waals surface area contributed by atoms with Crippen molar-refractivity contribution in [3.05, 3.63) is 0 Å². The highest BCUT2D eigenvalue weighted by atomic mass is 16.6. The molecule has 0 saturated heterocycles. The number of hydrogen-bond acceptors (Lipinski definition) is 6. The summed E-state index contributed by atoms with van der Waals surface area (Å²) < 4.78 is 10.4. The molecule has 0 aromatic rings. The van der Waals surface area contributed by atoms with Crippen LogP contribution in [0.15, 0.2) is 10.2 Å². The van der Waals surface area contributed by atoms with Gasteiger partial charge in [0, 0.05) is 20.3 Å². The van der Waals surface area contributed by atoms with Crippen LogP contribution in [0.3, 0.4) is 0 Å². The minimum absolute atomic E-state index is 0.347. The average Bonchev–Trinajstić information content (AvgIpc) is 2.31. The molecule has 0 heterocycles. The van der Waals surface area contributed by atoms with Crippen molar-refractivity contribution in [1.29, 1.82) is 0 Å². The van der Waals surface area contributed by atoms with Crippen LogP contribution in [0.5, 0.6) is 0 Å². The van der Waals surface area contributed by atoms with Gasteiger partial charge < -0.3 is 9.47 Å². The molecule has 0 amide bonds. The first-order valence-corrected chi connectivity index (χ1v) is 7.83. The van der Waals surface area contributed by atoms with Gasteiger partial charge in [-0.05, 0) is 26.7 Å². The molecule has 2 unspecified atom stereocenters. The number of rotatable bonds is 9. The number of esters is 2. The molecule has 0 aliphatic heterocycles. The Morgan fingerprint density at radius 2 is 1.59 bits per heavy atom. The molecule has 22 heavy (non-hydrogen) atoms. The van der Waals surface area contributed by atoms with Gasteiger partial charge in [0.25, 0.3) is 0 Å². The lowest BCUT2D eigenvalue weighted by atomic mass is 9.95. The fourth-order valence-electron chi connectivity index (χ4n) is 2.31. The van der Waals surface area contributed by atoms with Crippen LogP contribution in [-0.4, -0.2) is 23.4 Å². The van der Waals surface area contributed by atoms with E-state index >= 15 is 0 Å². The maximum absolute atomic E-state index is 11.3. The van der Waals surface area contributed by atoms with Gasteiger partial charge in [0.2, 0.25) is 11.4 Å². The van der Waals surface area contributed by atoms with E-state index < -0.39 is 23.4 Å². The largest absolute Gasteiger partial charge is 0.436 e. The van der Waals surface area contributed by atoms with Crippen molar-refractivity contribution in [2.75, 3.05) is 0 Å². The van der Waals surface area contributed by atoms with Crippen molar-refractivity contribution in [2.45, 2.75) is 85.6 Å². The lowest BCUT2D eigenvalue weighted by molar-refractivity contribution is -0.160. The van der Waals surface area contributed by atoms with E-state index in [9.17, 15) is 9.59 Å². The molecule has 128 valence electrons. The Labute approximate surface area is 133 Å². The van der Waals surface area contributed by atoms with Crippen LogP contribution in [0.4, 0.5) is 0 Å². The fraction of sp³-hybridized carbons (Fsp3) is 0.875. The van der Waals surface area contributed by atoms with E-state index in [-0.39, 0.29) is 0 Å². The van der Waals surface area contributed by atoms with Crippen LogP contribution in [0.2, 0.25) is 0 Å². The van der Waals surface area contributed by atoms with Gasteiger partial charge in [0.15, 0.2) is 0 Å². The Morgan fingerprint density at radius 3 is 2.05 bits per heavy atom. The Hall–Kier alpha value is -1.46. The molecule has 0 aromatic carbocycles. The third-order valence-corrected chi connectivity index (χ3v) is 3.04. The summed E-state index contributed by atoms with van der Waals surface area (Å²) in [6.07, 6.45) is 3.85. The van der Waals surface area contributed by atoms with Crippen LogP contribution >= 0.6 is 0 Å². The second-order valence-corrected chi connectivity index (χ2v) is 6.46. The van der Waals surface area contributed by atoms with Crippen molar-refractivity contribution >= 4 is 11.9 Å². The summed E-state index contributed by atoms with van der Waals surface area (Å²) in [6, 6.07) is 0. The van der Waals surface area contributed by atoms with Gasteiger partial charge in [0.1, 0.15) is 0 Å². The summed E-state index contributed by atoms with van der Waals surface area (Å²) in [4.78, 5) is 22.4. The topological polar surface area (TPSA) is 77.3 Å². The first-order valence-electron chi connectivity index (χ1n) is 7.83. The third kappa shape index (κ3) is 9.47. The first kappa shape index (κ1) is 20.5. The highest BCUT2D eigenvalue weighted by Crippen LogP contribution is 2.28. The van der Waals surface area contributed by atoms with Crippen LogP contribution in [0.25, 0.3) is 0 Å². The predicted molar refractivity (Wildman–Crippen MR) is 84.2 cm³/mol. The predicted octanol–water partition coefficient (Wildman–Crippen LogP) is 4.23. The maximum Gasteiger partial charge on any atom is 0.304 e. The monoisotopic (exact) mass is 314 g/mol. The minimum atomic E-state index is -1.08. The van der Waals surface area contributed by atoms with E-state index in [1.807, 2.05) is 0 Å². The van der Waals surface area contributed by atoms with E-state index in [1.54, 1.807) is 20.8 Å². The number of unbranched alkanes of at least 4 members (excludes halogenated alkanes) is 1. The maximum atomic E-state index is 11.3. The minimum Gasteiger partial charge on any atom is -0.436 e. The molecule has 6 heteroatoms. The molecular formula is C16H30N2O4. The molecule has 6 nitrogen and oxygen atoms in total. The average molecular weight is 314 g/mol. The van der Waals surface area contributed by atoms with Gasteiger partial charge in [-0.25, -0.2) is 0 Å². The number of nitrogens with zero attached hydrogens (tertiary/aromatic N) is 2. The third-order valence-electron chi connectivity index (χ3n) is 3.04. The summed E-state index contributed by atoms with van der Waals surface area (Å²) >= 11 is 0. The lowest BCUT2D eigenvalue weighted by Crippen LogP contribution is -2.32. The lowest BCUT2D eigenvalue weighted by Gasteiger charge is -2.28. The summed E-state index contributed by atoms with van der Waals surface area (Å²) in [7, 11) is 0. The van der Waals surface area contributed by atoms with Crippen molar-refractivity contribution in [1.82, 2.24) is 0 Å². The smallest absolute Gasteiger partial charge is 0.304 e. The molecule has 0 bridgehead atoms. The number of hydrogen-bond donors (Lipinski definition) is 0. The van der Waals surface area contributed by atoms with Crippen molar-refractivity contribution in [3.63, 3.8) is 0 Å². The van der Waals surface area contributed by atoms with Crippen molar-refractivity contribution in [2.24, 2.45) is 16.1 Å². The summed E-state index contributed by atoms with van der Waals surface area (Å²) in [5.74, 6) is -0.496.